The predicted octanol–water partition coefficient (Wildman–Crippen LogP) is 3.13. The van der Waals surface area contributed by atoms with E-state index in [2.05, 4.69) is 26.6 Å². The molecule has 3 rings (SSSR count). The number of hydrogen-bond acceptors (Lipinski definition) is 3. The number of carbonyl (C=O) groups excluding carboxylic acids is 3. The molecule has 0 spiro atoms. The van der Waals surface area contributed by atoms with E-state index in [1.165, 1.54) is 6.07 Å². The molecule has 27 heavy (non-hydrogen) atoms. The maximum atomic E-state index is 13.2. The molecule has 6 nitrogen and oxygen atoms in total. The van der Waals surface area contributed by atoms with Crippen LogP contribution in [0.15, 0.2) is 46.9 Å². The van der Waals surface area contributed by atoms with Crippen molar-refractivity contribution >= 4 is 39.5 Å². The summed E-state index contributed by atoms with van der Waals surface area (Å²) in [6.07, 6.45) is 0. The van der Waals surface area contributed by atoms with Crippen molar-refractivity contribution in [1.82, 2.24) is 10.2 Å². The van der Waals surface area contributed by atoms with E-state index in [4.69, 9.17) is 0 Å². The number of imide groups is 1. The van der Waals surface area contributed by atoms with Gasteiger partial charge in [0.05, 0.1) is 0 Å². The van der Waals surface area contributed by atoms with Crippen LogP contribution in [0, 0.1) is 11.6 Å². The van der Waals surface area contributed by atoms with Gasteiger partial charge in [-0.3, -0.25) is 14.5 Å². The second kappa shape index (κ2) is 7.07. The number of hydrogen-bond donors (Lipinski definition) is 2. The van der Waals surface area contributed by atoms with Crippen molar-refractivity contribution < 1.29 is 23.2 Å². The summed E-state index contributed by atoms with van der Waals surface area (Å²) in [4.78, 5) is 38.0. The molecule has 2 aromatic carbocycles. The van der Waals surface area contributed by atoms with Crippen LogP contribution < -0.4 is 10.6 Å². The summed E-state index contributed by atoms with van der Waals surface area (Å²) in [7, 11) is 0. The highest BCUT2D eigenvalue weighted by atomic mass is 79.9. The van der Waals surface area contributed by atoms with Gasteiger partial charge in [-0.2, -0.15) is 0 Å². The SMILES string of the molecule is CC1(c2ccccc2Br)NC(=O)N(CC(=O)Nc2ccc(F)c(F)c2)C1=O. The summed E-state index contributed by atoms with van der Waals surface area (Å²) in [6.45, 7) is 0.976. The fourth-order valence-electron chi connectivity index (χ4n) is 2.81. The first kappa shape index (κ1) is 19.0. The summed E-state index contributed by atoms with van der Waals surface area (Å²) in [6, 6.07) is 9.04. The highest BCUT2D eigenvalue weighted by molar-refractivity contribution is 9.10. The molecule has 9 heteroatoms. The van der Waals surface area contributed by atoms with Crippen LogP contribution in [0.5, 0.6) is 0 Å². The molecule has 0 aromatic heterocycles. The van der Waals surface area contributed by atoms with E-state index in [-0.39, 0.29) is 5.69 Å². The molecule has 1 aliphatic rings. The Balaban J connectivity index is 1.76. The van der Waals surface area contributed by atoms with Crippen LogP contribution in [0.1, 0.15) is 12.5 Å². The molecule has 1 aliphatic heterocycles. The average Bonchev–Trinajstić information content (AvgIpc) is 2.82. The molecule has 2 aromatic rings. The first-order valence-corrected chi connectivity index (χ1v) is 8.65. The molecule has 1 atom stereocenters. The number of nitrogens with zero attached hydrogens (tertiary/aromatic N) is 1. The Kier molecular flexibility index (Phi) is 4.97. The largest absolute Gasteiger partial charge is 0.325 e. The number of anilines is 1. The van der Waals surface area contributed by atoms with Gasteiger partial charge in [0, 0.05) is 21.8 Å². The lowest BCUT2D eigenvalue weighted by molar-refractivity contribution is -0.133. The molecule has 1 saturated heterocycles. The molecule has 0 radical (unpaired) electrons. The number of halogens is 3. The molecule has 1 fully saturated rings. The zero-order valence-electron chi connectivity index (χ0n) is 14.1. The highest BCUT2D eigenvalue weighted by Gasteiger charge is 2.50. The van der Waals surface area contributed by atoms with E-state index in [9.17, 15) is 23.2 Å². The van der Waals surface area contributed by atoms with Gasteiger partial charge < -0.3 is 10.6 Å². The number of benzene rings is 2. The summed E-state index contributed by atoms with van der Waals surface area (Å²) >= 11 is 3.35. The molecule has 140 valence electrons. The summed E-state index contributed by atoms with van der Waals surface area (Å²) in [5.74, 6) is -3.49. The Labute approximate surface area is 161 Å². The van der Waals surface area contributed by atoms with Gasteiger partial charge in [-0.1, -0.05) is 34.1 Å². The van der Waals surface area contributed by atoms with Crippen LogP contribution in [0.4, 0.5) is 19.3 Å². The highest BCUT2D eigenvalue weighted by Crippen LogP contribution is 2.33. The molecule has 4 amide bonds. The van der Waals surface area contributed by atoms with Gasteiger partial charge in [-0.15, -0.1) is 0 Å². The normalized spacial score (nSPS) is 19.2. The maximum absolute atomic E-state index is 13.2. The van der Waals surface area contributed by atoms with Crippen LogP contribution in [-0.4, -0.2) is 29.3 Å². The Morgan fingerprint density at radius 2 is 1.89 bits per heavy atom. The molecular formula is C18H14BrF2N3O3. The van der Waals surface area contributed by atoms with Gasteiger partial charge in [0.15, 0.2) is 11.6 Å². The lowest BCUT2D eigenvalue weighted by Gasteiger charge is -2.23. The van der Waals surface area contributed by atoms with E-state index in [1.807, 2.05) is 0 Å². The molecule has 0 aliphatic carbocycles. The zero-order valence-corrected chi connectivity index (χ0v) is 15.6. The number of rotatable bonds is 4. The lowest BCUT2D eigenvalue weighted by atomic mass is 9.92. The molecule has 2 N–H and O–H groups in total. The number of carbonyl (C=O) groups is 3. The summed E-state index contributed by atoms with van der Waals surface area (Å²) in [5.41, 5.74) is -0.772. The molecule has 1 unspecified atom stereocenters. The van der Waals surface area contributed by atoms with Crippen molar-refractivity contribution in [3.05, 3.63) is 64.1 Å². The van der Waals surface area contributed by atoms with Crippen molar-refractivity contribution in [2.75, 3.05) is 11.9 Å². The molecule has 0 bridgehead atoms. The van der Waals surface area contributed by atoms with Crippen molar-refractivity contribution in [2.45, 2.75) is 12.5 Å². The summed E-state index contributed by atoms with van der Waals surface area (Å²) in [5, 5.41) is 4.92. The Bertz CT molecular complexity index is 953. The monoisotopic (exact) mass is 437 g/mol. The van der Waals surface area contributed by atoms with Gasteiger partial charge in [-0.25, -0.2) is 13.6 Å². The first-order chi connectivity index (χ1) is 12.7. The fraction of sp³-hybridized carbons (Fsp3) is 0.167. The molecule has 0 saturated carbocycles. The second-order valence-corrected chi connectivity index (χ2v) is 6.96. The van der Waals surface area contributed by atoms with Gasteiger partial charge in [-0.05, 0) is 25.1 Å². The summed E-state index contributed by atoms with van der Waals surface area (Å²) < 4.78 is 26.8. The van der Waals surface area contributed by atoms with Gasteiger partial charge in [0.1, 0.15) is 12.1 Å². The van der Waals surface area contributed by atoms with Crippen LogP contribution in [0.25, 0.3) is 0 Å². The van der Waals surface area contributed by atoms with E-state index in [1.54, 1.807) is 31.2 Å². The third-order valence-corrected chi connectivity index (χ3v) is 4.88. The minimum Gasteiger partial charge on any atom is -0.324 e. The smallest absolute Gasteiger partial charge is 0.324 e. The molecular weight excluding hydrogens is 424 g/mol. The number of amides is 4. The third kappa shape index (κ3) is 3.55. The number of nitrogens with one attached hydrogen (secondary N) is 2. The van der Waals surface area contributed by atoms with Gasteiger partial charge >= 0.3 is 6.03 Å². The fourth-order valence-corrected chi connectivity index (χ4v) is 3.49. The quantitative estimate of drug-likeness (QED) is 0.721. The standard InChI is InChI=1S/C18H14BrF2N3O3/c1-18(11-4-2-3-5-12(11)19)16(26)24(17(27)23-18)9-15(25)22-10-6-7-13(20)14(21)8-10/h2-8H,9H2,1H3,(H,22,25)(H,23,27). The zero-order chi connectivity index (χ0) is 19.8. The Hall–Kier alpha value is -2.81. The Morgan fingerprint density at radius 3 is 2.56 bits per heavy atom. The molecule has 1 heterocycles. The third-order valence-electron chi connectivity index (χ3n) is 4.19. The first-order valence-electron chi connectivity index (χ1n) is 7.86. The van der Waals surface area contributed by atoms with E-state index in [0.29, 0.717) is 10.0 Å². The Morgan fingerprint density at radius 1 is 1.19 bits per heavy atom. The minimum absolute atomic E-state index is 0.0134. The minimum atomic E-state index is -1.33. The van der Waals surface area contributed by atoms with E-state index < -0.39 is 41.6 Å². The van der Waals surface area contributed by atoms with Crippen LogP contribution in [0.3, 0.4) is 0 Å². The van der Waals surface area contributed by atoms with Crippen molar-refractivity contribution in [1.29, 1.82) is 0 Å². The van der Waals surface area contributed by atoms with Crippen LogP contribution in [0.2, 0.25) is 0 Å². The van der Waals surface area contributed by atoms with Crippen LogP contribution >= 0.6 is 15.9 Å². The van der Waals surface area contributed by atoms with E-state index in [0.717, 1.165) is 17.0 Å². The second-order valence-electron chi connectivity index (χ2n) is 6.10. The van der Waals surface area contributed by atoms with Gasteiger partial charge in [0.2, 0.25) is 5.91 Å². The van der Waals surface area contributed by atoms with Gasteiger partial charge in [0.25, 0.3) is 5.91 Å². The van der Waals surface area contributed by atoms with E-state index >= 15 is 0 Å². The van der Waals surface area contributed by atoms with Crippen LogP contribution in [-0.2, 0) is 15.1 Å². The predicted molar refractivity (Wildman–Crippen MR) is 96.7 cm³/mol. The lowest BCUT2D eigenvalue weighted by Crippen LogP contribution is -2.42. The van der Waals surface area contributed by atoms with Crippen molar-refractivity contribution in [3.63, 3.8) is 0 Å². The maximum Gasteiger partial charge on any atom is 0.325 e. The topological polar surface area (TPSA) is 78.5 Å². The van der Waals surface area contributed by atoms with Crippen molar-refractivity contribution in [2.24, 2.45) is 0 Å². The average molecular weight is 438 g/mol. The number of urea groups is 1. The van der Waals surface area contributed by atoms with Crippen molar-refractivity contribution in [3.8, 4) is 0 Å².